The van der Waals surface area contributed by atoms with Gasteiger partial charge in [-0.3, -0.25) is 5.32 Å². The molecule has 1 atom stereocenters. The summed E-state index contributed by atoms with van der Waals surface area (Å²) in [6, 6.07) is 2.90. The molecular formula is C12H18F3N3O. The second-order valence-electron chi connectivity index (χ2n) is 5.21. The van der Waals surface area contributed by atoms with E-state index in [1.165, 1.54) is 23.6 Å². The minimum Gasteiger partial charge on any atom is -0.387 e. The molecule has 1 rings (SSSR count). The van der Waals surface area contributed by atoms with Gasteiger partial charge in [-0.2, -0.15) is 13.2 Å². The minimum atomic E-state index is -4.58. The Balaban J connectivity index is 2.82. The van der Waals surface area contributed by atoms with Crippen LogP contribution in [0.15, 0.2) is 18.3 Å². The minimum absolute atomic E-state index is 0.108. The molecule has 1 heterocycles. The average molecular weight is 277 g/mol. The molecule has 4 nitrogen and oxygen atoms in total. The van der Waals surface area contributed by atoms with Gasteiger partial charge in [0.05, 0.1) is 6.10 Å². The number of aliphatic hydroxyl groups excluding tert-OH is 1. The maximum Gasteiger partial charge on any atom is 0.483 e. The van der Waals surface area contributed by atoms with E-state index in [0.717, 1.165) is 0 Å². The smallest absolute Gasteiger partial charge is 0.387 e. The van der Waals surface area contributed by atoms with Gasteiger partial charge in [0, 0.05) is 23.8 Å². The highest BCUT2D eigenvalue weighted by Gasteiger charge is 2.30. The number of pyridine rings is 1. The molecule has 1 aromatic heterocycles. The van der Waals surface area contributed by atoms with Gasteiger partial charge in [0.1, 0.15) is 5.82 Å². The van der Waals surface area contributed by atoms with E-state index in [1.807, 2.05) is 20.8 Å². The van der Waals surface area contributed by atoms with Crippen LogP contribution in [0.25, 0.3) is 0 Å². The molecule has 0 saturated carbocycles. The lowest BCUT2D eigenvalue weighted by molar-refractivity contribution is -0.100. The molecular weight excluding hydrogens is 259 g/mol. The first-order valence-electron chi connectivity index (χ1n) is 5.81. The second kappa shape index (κ2) is 5.75. The Morgan fingerprint density at radius 2 is 1.95 bits per heavy atom. The van der Waals surface area contributed by atoms with E-state index in [0.29, 0.717) is 0 Å². The summed E-state index contributed by atoms with van der Waals surface area (Å²) in [5, 5.41) is 14.3. The Kier molecular flexibility index (Phi) is 4.75. The molecule has 3 N–H and O–H groups in total. The van der Waals surface area contributed by atoms with Crippen molar-refractivity contribution in [1.29, 1.82) is 0 Å². The van der Waals surface area contributed by atoms with Crippen molar-refractivity contribution in [1.82, 2.24) is 10.3 Å². The van der Waals surface area contributed by atoms with E-state index in [9.17, 15) is 18.3 Å². The van der Waals surface area contributed by atoms with E-state index >= 15 is 0 Å². The van der Waals surface area contributed by atoms with Crippen LogP contribution in [0, 0.1) is 0 Å². The standard InChI is InChI=1S/C12H18F3N3O/c1-11(2,3)17-7-9(19)8-5-4-6-16-10(8)18-12(13,14)15/h4-6,9,17,19H,7H2,1-3H3,(H,16,18)/t9-/m0/s1. The molecule has 0 bridgehead atoms. The first-order chi connectivity index (χ1) is 8.58. The van der Waals surface area contributed by atoms with Crippen LogP contribution in [0.5, 0.6) is 0 Å². The SMILES string of the molecule is CC(C)(C)NC[C@H](O)c1cccnc1NC(F)(F)F. The van der Waals surface area contributed by atoms with E-state index in [2.05, 4.69) is 10.3 Å². The van der Waals surface area contributed by atoms with Crippen LogP contribution < -0.4 is 10.6 Å². The highest BCUT2D eigenvalue weighted by Crippen LogP contribution is 2.25. The first kappa shape index (κ1) is 15.7. The molecule has 19 heavy (non-hydrogen) atoms. The van der Waals surface area contributed by atoms with Gasteiger partial charge in [-0.15, -0.1) is 0 Å². The third-order valence-electron chi connectivity index (χ3n) is 2.28. The topological polar surface area (TPSA) is 57.2 Å². The van der Waals surface area contributed by atoms with Crippen molar-refractivity contribution in [2.24, 2.45) is 0 Å². The predicted octanol–water partition coefficient (Wildman–Crippen LogP) is 2.43. The number of nitrogens with one attached hydrogen (secondary N) is 2. The van der Waals surface area contributed by atoms with Gasteiger partial charge in [0.2, 0.25) is 0 Å². The summed E-state index contributed by atoms with van der Waals surface area (Å²) in [5.74, 6) is -0.377. The third-order valence-corrected chi connectivity index (χ3v) is 2.28. The van der Waals surface area contributed by atoms with Crippen molar-refractivity contribution < 1.29 is 18.3 Å². The second-order valence-corrected chi connectivity index (χ2v) is 5.21. The van der Waals surface area contributed by atoms with Crippen molar-refractivity contribution in [2.75, 3.05) is 11.9 Å². The van der Waals surface area contributed by atoms with Crippen LogP contribution in [0.1, 0.15) is 32.4 Å². The van der Waals surface area contributed by atoms with E-state index in [1.54, 1.807) is 0 Å². The number of halogens is 3. The zero-order chi connectivity index (χ0) is 14.7. The fraction of sp³-hybridized carbons (Fsp3) is 0.583. The monoisotopic (exact) mass is 277 g/mol. The molecule has 0 spiro atoms. The lowest BCUT2D eigenvalue weighted by Gasteiger charge is -2.24. The van der Waals surface area contributed by atoms with Crippen LogP contribution >= 0.6 is 0 Å². The van der Waals surface area contributed by atoms with Crippen molar-refractivity contribution in [3.63, 3.8) is 0 Å². The van der Waals surface area contributed by atoms with E-state index in [-0.39, 0.29) is 23.5 Å². The molecule has 0 aliphatic heterocycles. The Morgan fingerprint density at radius 3 is 2.47 bits per heavy atom. The summed E-state index contributed by atoms with van der Waals surface area (Å²) in [4.78, 5) is 3.61. The summed E-state index contributed by atoms with van der Waals surface area (Å²) in [5.41, 5.74) is -0.127. The molecule has 0 radical (unpaired) electrons. The van der Waals surface area contributed by atoms with E-state index < -0.39 is 12.4 Å². The highest BCUT2D eigenvalue weighted by molar-refractivity contribution is 5.45. The summed E-state index contributed by atoms with van der Waals surface area (Å²) >= 11 is 0. The fourth-order valence-electron chi connectivity index (χ4n) is 1.44. The summed E-state index contributed by atoms with van der Waals surface area (Å²) < 4.78 is 36.9. The third kappa shape index (κ3) is 5.89. The van der Waals surface area contributed by atoms with Gasteiger partial charge in [-0.1, -0.05) is 6.07 Å². The van der Waals surface area contributed by atoms with Crippen LogP contribution in [0.4, 0.5) is 19.0 Å². The zero-order valence-corrected chi connectivity index (χ0v) is 11.0. The molecule has 0 aliphatic rings. The number of rotatable bonds is 4. The number of hydrogen-bond acceptors (Lipinski definition) is 4. The molecule has 1 aromatic rings. The van der Waals surface area contributed by atoms with Crippen molar-refractivity contribution in [3.8, 4) is 0 Å². The summed E-state index contributed by atoms with van der Waals surface area (Å²) in [6.45, 7) is 5.84. The Morgan fingerprint density at radius 1 is 1.32 bits per heavy atom. The normalized spacial score (nSPS) is 14.3. The van der Waals surface area contributed by atoms with Gasteiger partial charge in [0.25, 0.3) is 0 Å². The highest BCUT2D eigenvalue weighted by atomic mass is 19.4. The maximum atomic E-state index is 12.3. The fourth-order valence-corrected chi connectivity index (χ4v) is 1.44. The van der Waals surface area contributed by atoms with E-state index in [4.69, 9.17) is 0 Å². The zero-order valence-electron chi connectivity index (χ0n) is 11.0. The van der Waals surface area contributed by atoms with Gasteiger partial charge in [0.15, 0.2) is 0 Å². The molecule has 0 aromatic carbocycles. The number of hydrogen-bond donors (Lipinski definition) is 3. The predicted molar refractivity (Wildman–Crippen MR) is 66.6 cm³/mol. The lowest BCUT2D eigenvalue weighted by Crippen LogP contribution is -2.38. The van der Waals surface area contributed by atoms with Crippen molar-refractivity contribution in [3.05, 3.63) is 23.9 Å². The van der Waals surface area contributed by atoms with Crippen LogP contribution in [0.2, 0.25) is 0 Å². The number of aromatic nitrogens is 1. The largest absolute Gasteiger partial charge is 0.483 e. The lowest BCUT2D eigenvalue weighted by atomic mass is 10.1. The van der Waals surface area contributed by atoms with Gasteiger partial charge >= 0.3 is 6.30 Å². The quantitative estimate of drug-likeness (QED) is 0.740. The Bertz CT molecular complexity index is 415. The first-order valence-corrected chi connectivity index (χ1v) is 5.81. The molecule has 0 aliphatic carbocycles. The molecule has 0 amide bonds. The number of aliphatic hydroxyl groups is 1. The van der Waals surface area contributed by atoms with Gasteiger partial charge < -0.3 is 10.4 Å². The van der Waals surface area contributed by atoms with Crippen molar-refractivity contribution >= 4 is 5.82 Å². The number of anilines is 1. The number of alkyl halides is 3. The van der Waals surface area contributed by atoms with Crippen LogP contribution in [-0.2, 0) is 0 Å². The number of nitrogens with zero attached hydrogens (tertiary/aromatic N) is 1. The van der Waals surface area contributed by atoms with Gasteiger partial charge in [-0.25, -0.2) is 4.98 Å². The Labute approximate surface area is 110 Å². The molecule has 0 saturated heterocycles. The van der Waals surface area contributed by atoms with Gasteiger partial charge in [-0.05, 0) is 26.8 Å². The number of β-amino-alcohol motifs (C(OH)–C–C–N with tert-alkyl or cyclic N) is 1. The van der Waals surface area contributed by atoms with Crippen LogP contribution in [0.3, 0.4) is 0 Å². The summed E-state index contributed by atoms with van der Waals surface area (Å²) in [7, 11) is 0. The molecule has 0 fully saturated rings. The van der Waals surface area contributed by atoms with Crippen LogP contribution in [-0.4, -0.2) is 28.5 Å². The summed E-state index contributed by atoms with van der Waals surface area (Å²) in [6.07, 6.45) is -4.42. The van der Waals surface area contributed by atoms with Crippen molar-refractivity contribution in [2.45, 2.75) is 38.7 Å². The molecule has 7 heteroatoms. The molecule has 0 unspecified atom stereocenters. The molecule has 108 valence electrons. The average Bonchev–Trinajstić information content (AvgIpc) is 2.23. The maximum absolute atomic E-state index is 12.3. The Hall–Kier alpha value is -1.34.